The number of epoxide rings is 1. The number of hydrogen-bond acceptors (Lipinski definition) is 6. The van der Waals surface area contributed by atoms with Crippen molar-refractivity contribution in [2.45, 2.75) is 46.6 Å². The van der Waals surface area contributed by atoms with Crippen molar-refractivity contribution < 1.29 is 28.6 Å². The van der Waals surface area contributed by atoms with Gasteiger partial charge in [-0.1, -0.05) is 43.3 Å². The zero-order chi connectivity index (χ0) is 24.8. The molecule has 2 atom stereocenters. The zero-order valence-corrected chi connectivity index (χ0v) is 20.2. The molecule has 180 valence electrons. The summed E-state index contributed by atoms with van der Waals surface area (Å²) in [5, 5.41) is 0. The molecule has 1 fully saturated rings. The van der Waals surface area contributed by atoms with E-state index in [9.17, 15) is 14.4 Å². The number of hydrogen-bond donors (Lipinski definition) is 0. The van der Waals surface area contributed by atoms with Gasteiger partial charge in [-0.3, -0.25) is 14.4 Å². The van der Waals surface area contributed by atoms with Crippen LogP contribution in [0.4, 0.5) is 0 Å². The summed E-state index contributed by atoms with van der Waals surface area (Å²) >= 11 is 0. The molecule has 0 aromatic heterocycles. The van der Waals surface area contributed by atoms with Crippen molar-refractivity contribution in [3.63, 3.8) is 0 Å². The van der Waals surface area contributed by atoms with E-state index < -0.39 is 16.8 Å². The molecule has 0 amide bonds. The van der Waals surface area contributed by atoms with E-state index in [1.54, 1.807) is 51.1 Å². The molecule has 2 aromatic rings. The number of ether oxygens (including phenoxy) is 3. The molecule has 0 spiro atoms. The van der Waals surface area contributed by atoms with Crippen LogP contribution < -0.4 is 4.74 Å². The fourth-order valence-corrected chi connectivity index (χ4v) is 3.67. The largest absolute Gasteiger partial charge is 0.462 e. The first-order valence-electron chi connectivity index (χ1n) is 11.5. The second kappa shape index (κ2) is 10.8. The number of esters is 2. The van der Waals surface area contributed by atoms with Gasteiger partial charge in [0.15, 0.2) is 5.78 Å². The summed E-state index contributed by atoms with van der Waals surface area (Å²) in [7, 11) is 0. The molecule has 2 aromatic carbocycles. The van der Waals surface area contributed by atoms with Gasteiger partial charge < -0.3 is 14.2 Å². The first-order valence-corrected chi connectivity index (χ1v) is 11.5. The molecule has 0 N–H and O–H groups in total. The number of benzene rings is 2. The molecule has 34 heavy (non-hydrogen) atoms. The Bertz CT molecular complexity index is 1030. The average Bonchev–Trinajstić information content (AvgIpc) is 3.66. The highest BCUT2D eigenvalue weighted by Gasteiger charge is 2.43. The van der Waals surface area contributed by atoms with Crippen molar-refractivity contribution in [1.82, 2.24) is 0 Å². The number of ketones is 1. The summed E-state index contributed by atoms with van der Waals surface area (Å²) in [6.07, 6.45) is 4.04. The Hall–Kier alpha value is -3.25. The van der Waals surface area contributed by atoms with E-state index in [2.05, 4.69) is 0 Å². The van der Waals surface area contributed by atoms with Gasteiger partial charge in [-0.25, -0.2) is 0 Å². The molecule has 0 radical (unpaired) electrons. The van der Waals surface area contributed by atoms with Crippen LogP contribution in [-0.4, -0.2) is 37.0 Å². The monoisotopic (exact) mass is 464 g/mol. The van der Waals surface area contributed by atoms with Crippen LogP contribution >= 0.6 is 0 Å². The predicted molar refractivity (Wildman–Crippen MR) is 129 cm³/mol. The fraction of sp³-hybridized carbons (Fsp3) is 0.393. The van der Waals surface area contributed by atoms with Crippen molar-refractivity contribution in [1.29, 1.82) is 0 Å². The molecular formula is C28H32O6. The molecule has 2 unspecified atom stereocenters. The summed E-state index contributed by atoms with van der Waals surface area (Å²) in [6, 6.07) is 16.0. The lowest BCUT2D eigenvalue weighted by Gasteiger charge is -2.33. The van der Waals surface area contributed by atoms with Gasteiger partial charge in [-0.15, -0.1) is 0 Å². The van der Waals surface area contributed by atoms with Gasteiger partial charge in [-0.05, 0) is 69.5 Å². The van der Waals surface area contributed by atoms with E-state index in [4.69, 9.17) is 14.2 Å². The van der Waals surface area contributed by atoms with Gasteiger partial charge in [-0.2, -0.15) is 0 Å². The van der Waals surface area contributed by atoms with Crippen molar-refractivity contribution >= 4 is 23.8 Å². The number of carbonyl (C=O) groups excluding carboxylic acids is 3. The zero-order valence-electron chi connectivity index (χ0n) is 20.2. The van der Waals surface area contributed by atoms with E-state index in [0.717, 1.165) is 5.56 Å². The minimum atomic E-state index is -0.883. The third-order valence-electron chi connectivity index (χ3n) is 6.04. The standard InChI is InChI=1S/C28H32O6/c1-5-28(4,19-27(2,3)25(30)33-18-23-17-32-23)26(31)34-22-14-12-21(13-15-22)24(29)16-11-20-9-7-6-8-10-20/h6-16,23H,5,17-19H2,1-4H3. The van der Waals surface area contributed by atoms with Crippen molar-refractivity contribution in [2.75, 3.05) is 13.2 Å². The van der Waals surface area contributed by atoms with Crippen LogP contribution in [-0.2, 0) is 19.1 Å². The Kier molecular flexibility index (Phi) is 8.05. The number of rotatable bonds is 11. The van der Waals surface area contributed by atoms with Crippen LogP contribution in [0.2, 0.25) is 0 Å². The topological polar surface area (TPSA) is 82.2 Å². The van der Waals surface area contributed by atoms with Gasteiger partial charge in [0.05, 0.1) is 17.4 Å². The first kappa shape index (κ1) is 25.4. The molecule has 1 heterocycles. The highest BCUT2D eigenvalue weighted by atomic mass is 16.6. The Morgan fingerprint density at radius 2 is 1.65 bits per heavy atom. The lowest BCUT2D eigenvalue weighted by molar-refractivity contribution is -0.159. The highest BCUT2D eigenvalue weighted by Crippen LogP contribution is 2.39. The molecular weight excluding hydrogens is 432 g/mol. The third-order valence-corrected chi connectivity index (χ3v) is 6.04. The summed E-state index contributed by atoms with van der Waals surface area (Å²) in [5.74, 6) is -0.581. The summed E-state index contributed by atoms with van der Waals surface area (Å²) in [6.45, 7) is 8.07. The molecule has 1 saturated heterocycles. The molecule has 0 bridgehead atoms. The second-order valence-corrected chi connectivity index (χ2v) is 9.55. The quantitative estimate of drug-likeness (QED) is 0.148. The summed E-state index contributed by atoms with van der Waals surface area (Å²) in [5.41, 5.74) is -0.312. The Morgan fingerprint density at radius 1 is 1.00 bits per heavy atom. The van der Waals surface area contributed by atoms with Crippen molar-refractivity contribution in [3.05, 3.63) is 71.8 Å². The fourth-order valence-electron chi connectivity index (χ4n) is 3.67. The smallest absolute Gasteiger partial charge is 0.317 e. The van der Waals surface area contributed by atoms with E-state index >= 15 is 0 Å². The lowest BCUT2D eigenvalue weighted by Crippen LogP contribution is -2.40. The van der Waals surface area contributed by atoms with E-state index in [1.165, 1.54) is 6.08 Å². The van der Waals surface area contributed by atoms with E-state index in [1.807, 2.05) is 37.3 Å². The van der Waals surface area contributed by atoms with Crippen LogP contribution in [0.5, 0.6) is 5.75 Å². The number of carbonyl (C=O) groups is 3. The van der Waals surface area contributed by atoms with Crippen LogP contribution in [0, 0.1) is 10.8 Å². The Balaban J connectivity index is 1.60. The van der Waals surface area contributed by atoms with Crippen LogP contribution in [0.25, 0.3) is 6.08 Å². The minimum Gasteiger partial charge on any atom is -0.462 e. The van der Waals surface area contributed by atoms with Crippen molar-refractivity contribution in [3.8, 4) is 5.75 Å². The maximum Gasteiger partial charge on any atom is 0.317 e. The molecule has 6 heteroatoms. The normalized spacial score (nSPS) is 17.1. The summed E-state index contributed by atoms with van der Waals surface area (Å²) < 4.78 is 16.1. The SMILES string of the molecule is CCC(C)(CC(C)(C)C(=O)OCC1CO1)C(=O)Oc1ccc(C(=O)C=Cc2ccccc2)cc1. The van der Waals surface area contributed by atoms with E-state index in [0.29, 0.717) is 24.3 Å². The molecule has 1 aliphatic rings. The van der Waals surface area contributed by atoms with Crippen LogP contribution in [0.3, 0.4) is 0 Å². The molecule has 1 aliphatic heterocycles. The molecule has 0 saturated carbocycles. The lowest BCUT2D eigenvalue weighted by atomic mass is 9.72. The van der Waals surface area contributed by atoms with Gasteiger partial charge in [0.25, 0.3) is 0 Å². The first-order chi connectivity index (χ1) is 16.1. The highest BCUT2D eigenvalue weighted by molar-refractivity contribution is 6.06. The Labute approximate surface area is 200 Å². The molecule has 3 rings (SSSR count). The minimum absolute atomic E-state index is 0.00837. The van der Waals surface area contributed by atoms with Gasteiger partial charge in [0, 0.05) is 5.56 Å². The Morgan fingerprint density at radius 3 is 2.24 bits per heavy atom. The molecule has 6 nitrogen and oxygen atoms in total. The predicted octanol–water partition coefficient (Wildman–Crippen LogP) is 5.26. The van der Waals surface area contributed by atoms with Gasteiger partial charge >= 0.3 is 11.9 Å². The van der Waals surface area contributed by atoms with Gasteiger partial charge in [0.1, 0.15) is 18.5 Å². The summed E-state index contributed by atoms with van der Waals surface area (Å²) in [4.78, 5) is 38.0. The van der Waals surface area contributed by atoms with E-state index in [-0.39, 0.29) is 30.9 Å². The molecule has 0 aliphatic carbocycles. The maximum absolute atomic E-state index is 13.0. The van der Waals surface area contributed by atoms with Crippen LogP contribution in [0.15, 0.2) is 60.7 Å². The number of allylic oxidation sites excluding steroid dienone is 1. The van der Waals surface area contributed by atoms with Gasteiger partial charge in [0.2, 0.25) is 0 Å². The maximum atomic E-state index is 13.0. The van der Waals surface area contributed by atoms with Crippen LogP contribution in [0.1, 0.15) is 56.5 Å². The third kappa shape index (κ3) is 6.87. The average molecular weight is 465 g/mol. The second-order valence-electron chi connectivity index (χ2n) is 9.55. The van der Waals surface area contributed by atoms with Crippen molar-refractivity contribution in [2.24, 2.45) is 10.8 Å².